The van der Waals surface area contributed by atoms with E-state index in [0.717, 1.165) is 5.56 Å². The van der Waals surface area contributed by atoms with Crippen LogP contribution in [0.4, 0.5) is 0 Å². The van der Waals surface area contributed by atoms with Crippen LogP contribution in [0.1, 0.15) is 38.7 Å². The molecule has 2 aromatic carbocycles. The van der Waals surface area contributed by atoms with Crippen LogP contribution in [0.15, 0.2) is 59.5 Å². The minimum Gasteiger partial charge on any atom is -0.481 e. The molecule has 0 saturated heterocycles. The fraction of sp³-hybridized carbons (Fsp3) is 0.333. The van der Waals surface area contributed by atoms with E-state index in [4.69, 9.17) is 9.84 Å². The lowest BCUT2D eigenvalue weighted by atomic mass is 9.97. The summed E-state index contributed by atoms with van der Waals surface area (Å²) in [4.78, 5) is 24.2. The highest BCUT2D eigenvalue weighted by Crippen LogP contribution is 2.25. The van der Waals surface area contributed by atoms with Crippen molar-refractivity contribution in [3.05, 3.63) is 60.2 Å². The molecule has 0 aliphatic rings. The van der Waals surface area contributed by atoms with Crippen LogP contribution in [0.3, 0.4) is 0 Å². The first-order valence-corrected chi connectivity index (χ1v) is 10.0. The second-order valence-electron chi connectivity index (χ2n) is 6.94. The highest BCUT2D eigenvalue weighted by Gasteiger charge is 2.30. The van der Waals surface area contributed by atoms with Crippen molar-refractivity contribution in [2.45, 2.75) is 38.0 Å². The number of carbonyl (C=O) groups is 2. The molecule has 0 fully saturated rings. The van der Waals surface area contributed by atoms with Gasteiger partial charge in [-0.3, -0.25) is 13.8 Å². The molecule has 5 nitrogen and oxygen atoms in total. The fourth-order valence-electron chi connectivity index (χ4n) is 2.54. The van der Waals surface area contributed by atoms with Crippen molar-refractivity contribution in [1.82, 2.24) is 0 Å². The Morgan fingerprint density at radius 1 is 1.07 bits per heavy atom. The quantitative estimate of drug-likeness (QED) is 0.546. The molecule has 0 aromatic heterocycles. The maximum Gasteiger partial charge on any atom is 0.318 e. The first-order valence-electron chi connectivity index (χ1n) is 8.73. The molecule has 0 spiro atoms. The van der Waals surface area contributed by atoms with Gasteiger partial charge >= 0.3 is 11.9 Å². The average molecular weight is 388 g/mol. The molecular formula is C21H24O5S. The van der Waals surface area contributed by atoms with Gasteiger partial charge in [0.05, 0.1) is 22.1 Å². The van der Waals surface area contributed by atoms with Gasteiger partial charge in [0.2, 0.25) is 0 Å². The maximum atomic E-state index is 12.5. The number of carboxylic acid groups (broad SMARTS) is 1. The molecule has 2 aromatic rings. The summed E-state index contributed by atoms with van der Waals surface area (Å²) in [5.41, 5.74) is -0.182. The predicted molar refractivity (Wildman–Crippen MR) is 104 cm³/mol. The topological polar surface area (TPSA) is 80.7 Å². The zero-order valence-electron chi connectivity index (χ0n) is 15.7. The Labute approximate surface area is 161 Å². The molecule has 0 heterocycles. The first kappa shape index (κ1) is 20.8. The maximum absolute atomic E-state index is 12.5. The summed E-state index contributed by atoms with van der Waals surface area (Å²) in [5, 5.41) is 9.16. The van der Waals surface area contributed by atoms with Gasteiger partial charge in [0.25, 0.3) is 0 Å². The van der Waals surface area contributed by atoms with Crippen molar-refractivity contribution in [1.29, 1.82) is 0 Å². The van der Waals surface area contributed by atoms with Crippen LogP contribution in [0.2, 0.25) is 0 Å². The lowest BCUT2D eigenvalue weighted by Gasteiger charge is -2.18. The van der Waals surface area contributed by atoms with Crippen LogP contribution in [-0.2, 0) is 20.4 Å². The van der Waals surface area contributed by atoms with E-state index in [1.54, 1.807) is 24.3 Å². The van der Waals surface area contributed by atoms with Gasteiger partial charge in [-0.1, -0.05) is 37.3 Å². The predicted octanol–water partition coefficient (Wildman–Crippen LogP) is 4.00. The Hall–Kier alpha value is -2.47. The largest absolute Gasteiger partial charge is 0.481 e. The van der Waals surface area contributed by atoms with E-state index in [0.29, 0.717) is 17.1 Å². The summed E-state index contributed by atoms with van der Waals surface area (Å²) in [6.45, 7) is 5.01. The van der Waals surface area contributed by atoms with Crippen LogP contribution in [0.25, 0.3) is 0 Å². The number of esters is 1. The second kappa shape index (κ2) is 8.95. The van der Waals surface area contributed by atoms with E-state index < -0.39 is 22.2 Å². The number of ether oxygens (including phenoxy) is 1. The van der Waals surface area contributed by atoms with E-state index in [-0.39, 0.29) is 17.6 Å². The molecule has 0 aliphatic carbocycles. The molecule has 144 valence electrons. The van der Waals surface area contributed by atoms with E-state index in [2.05, 4.69) is 0 Å². The number of aliphatic carboxylic acids is 1. The van der Waals surface area contributed by atoms with Gasteiger partial charge in [-0.15, -0.1) is 0 Å². The monoisotopic (exact) mass is 388 g/mol. The van der Waals surface area contributed by atoms with Crippen LogP contribution in [0.5, 0.6) is 5.75 Å². The molecular weight excluding hydrogens is 364 g/mol. The number of carbonyl (C=O) groups excluding carboxylic acids is 1. The molecule has 2 unspecified atom stereocenters. The SMILES string of the molecule is CCC(C(=O)Oc1ccc(S(=O)CC(C)(C)C(=O)O)cc1)c1ccccc1. The third kappa shape index (κ3) is 5.50. The lowest BCUT2D eigenvalue weighted by Crippen LogP contribution is -2.30. The average Bonchev–Trinajstić information content (AvgIpc) is 2.63. The molecule has 2 atom stereocenters. The zero-order valence-corrected chi connectivity index (χ0v) is 16.5. The molecule has 2 rings (SSSR count). The lowest BCUT2D eigenvalue weighted by molar-refractivity contribution is -0.145. The van der Waals surface area contributed by atoms with Gasteiger partial charge in [-0.05, 0) is 50.1 Å². The Bertz CT molecular complexity index is 812. The van der Waals surface area contributed by atoms with Gasteiger partial charge < -0.3 is 9.84 Å². The third-order valence-corrected chi connectivity index (χ3v) is 6.05. The Kier molecular flexibility index (Phi) is 6.91. The zero-order chi connectivity index (χ0) is 20.0. The first-order chi connectivity index (χ1) is 12.7. The third-order valence-electron chi connectivity index (χ3n) is 4.27. The van der Waals surface area contributed by atoms with E-state index in [1.807, 2.05) is 37.3 Å². The van der Waals surface area contributed by atoms with Crippen LogP contribution < -0.4 is 4.74 Å². The molecule has 1 N–H and O–H groups in total. The number of hydrogen-bond donors (Lipinski definition) is 1. The summed E-state index contributed by atoms with van der Waals surface area (Å²) in [6, 6.07) is 15.8. The normalized spacial score (nSPS) is 13.6. The number of carboxylic acids is 1. The molecule has 0 amide bonds. The highest BCUT2D eigenvalue weighted by atomic mass is 32.2. The minimum atomic E-state index is -1.46. The van der Waals surface area contributed by atoms with Crippen molar-refractivity contribution >= 4 is 22.7 Å². The van der Waals surface area contributed by atoms with E-state index in [1.165, 1.54) is 13.8 Å². The number of benzene rings is 2. The summed E-state index contributed by atoms with van der Waals surface area (Å²) >= 11 is 0. The minimum absolute atomic E-state index is 0.00733. The van der Waals surface area contributed by atoms with Crippen molar-refractivity contribution < 1.29 is 23.6 Å². The Morgan fingerprint density at radius 2 is 1.67 bits per heavy atom. The Balaban J connectivity index is 2.06. The van der Waals surface area contributed by atoms with Crippen molar-refractivity contribution in [2.24, 2.45) is 5.41 Å². The van der Waals surface area contributed by atoms with Gasteiger partial charge in [-0.2, -0.15) is 0 Å². The van der Waals surface area contributed by atoms with Gasteiger partial charge in [0.15, 0.2) is 0 Å². The van der Waals surface area contributed by atoms with E-state index >= 15 is 0 Å². The van der Waals surface area contributed by atoms with Crippen molar-refractivity contribution in [3.8, 4) is 5.75 Å². The summed E-state index contributed by atoms with van der Waals surface area (Å²) in [5.74, 6) is -1.31. The van der Waals surface area contributed by atoms with Crippen molar-refractivity contribution in [3.63, 3.8) is 0 Å². The molecule has 0 bridgehead atoms. The van der Waals surface area contributed by atoms with Crippen LogP contribution >= 0.6 is 0 Å². The van der Waals surface area contributed by atoms with Crippen LogP contribution in [0, 0.1) is 5.41 Å². The fourth-order valence-corrected chi connectivity index (χ4v) is 3.93. The molecule has 0 aliphatic heterocycles. The molecule has 27 heavy (non-hydrogen) atoms. The Morgan fingerprint density at radius 3 is 2.19 bits per heavy atom. The van der Waals surface area contributed by atoms with Gasteiger partial charge in [0.1, 0.15) is 5.75 Å². The summed E-state index contributed by atoms with van der Waals surface area (Å²) < 4.78 is 17.8. The van der Waals surface area contributed by atoms with Crippen LogP contribution in [-0.4, -0.2) is 27.0 Å². The summed E-state index contributed by atoms with van der Waals surface area (Å²) in [7, 11) is -1.46. The smallest absolute Gasteiger partial charge is 0.318 e. The molecule has 6 heteroatoms. The van der Waals surface area contributed by atoms with Gasteiger partial charge in [-0.25, -0.2) is 0 Å². The van der Waals surface area contributed by atoms with Crippen molar-refractivity contribution in [2.75, 3.05) is 5.75 Å². The van der Waals surface area contributed by atoms with E-state index in [9.17, 15) is 13.8 Å². The van der Waals surface area contributed by atoms with Gasteiger partial charge in [0, 0.05) is 10.6 Å². The summed E-state index contributed by atoms with van der Waals surface area (Å²) in [6.07, 6.45) is 0.620. The molecule has 0 saturated carbocycles. The molecule has 0 radical (unpaired) electrons. The standard InChI is InChI=1S/C21H24O5S/c1-4-18(15-8-6-5-7-9-15)19(22)26-16-10-12-17(13-11-16)27(25)14-21(2,3)20(23)24/h5-13,18H,4,14H2,1-3H3,(H,23,24). The highest BCUT2D eigenvalue weighted by molar-refractivity contribution is 7.85. The number of rotatable bonds is 8. The second-order valence-corrected chi connectivity index (χ2v) is 8.39. The number of hydrogen-bond acceptors (Lipinski definition) is 4.